The number of H-pyrrole nitrogens is 1. The molecule has 19 heavy (non-hydrogen) atoms. The van der Waals surface area contributed by atoms with Crippen molar-refractivity contribution in [2.45, 2.75) is 18.1 Å². The van der Waals surface area contributed by atoms with Gasteiger partial charge in [-0.2, -0.15) is 0 Å². The molecule has 1 aromatic carbocycles. The summed E-state index contributed by atoms with van der Waals surface area (Å²) in [4.78, 5) is 4.17. The third kappa shape index (κ3) is 3.45. The van der Waals surface area contributed by atoms with Crippen molar-refractivity contribution in [1.82, 2.24) is 15.2 Å². The standard InChI is InChI=1S/C12H15FN4OS/c1-7-15-12(17-16-7)19-6-10(14)8-3-4-11(18-2)9(13)5-8/h3-5,10H,6,14H2,1-2H3,(H,15,16,17). The molecule has 0 saturated heterocycles. The molecule has 1 atom stereocenters. The molecule has 2 rings (SSSR count). The summed E-state index contributed by atoms with van der Waals surface area (Å²) < 4.78 is 18.4. The van der Waals surface area contributed by atoms with E-state index in [4.69, 9.17) is 10.5 Å². The van der Waals surface area contributed by atoms with Crippen molar-refractivity contribution in [2.24, 2.45) is 5.73 Å². The van der Waals surface area contributed by atoms with Gasteiger partial charge in [-0.3, -0.25) is 5.10 Å². The van der Waals surface area contributed by atoms with Gasteiger partial charge in [0.15, 0.2) is 11.6 Å². The molecule has 0 amide bonds. The van der Waals surface area contributed by atoms with E-state index < -0.39 is 5.82 Å². The highest BCUT2D eigenvalue weighted by Crippen LogP contribution is 2.24. The summed E-state index contributed by atoms with van der Waals surface area (Å²) in [5.41, 5.74) is 6.74. The summed E-state index contributed by atoms with van der Waals surface area (Å²) in [6.07, 6.45) is 0. The second-order valence-corrected chi connectivity index (χ2v) is 5.00. The summed E-state index contributed by atoms with van der Waals surface area (Å²) in [5, 5.41) is 7.40. The van der Waals surface area contributed by atoms with E-state index >= 15 is 0 Å². The Morgan fingerprint density at radius 3 is 2.89 bits per heavy atom. The van der Waals surface area contributed by atoms with Crippen molar-refractivity contribution in [3.8, 4) is 5.75 Å². The number of nitrogens with two attached hydrogens (primary N) is 1. The number of aryl methyl sites for hydroxylation is 1. The molecule has 2 aromatic rings. The molecular weight excluding hydrogens is 267 g/mol. The van der Waals surface area contributed by atoms with Gasteiger partial charge in [0.05, 0.1) is 7.11 Å². The second kappa shape index (κ2) is 6.03. The fourth-order valence-electron chi connectivity index (χ4n) is 1.56. The Morgan fingerprint density at radius 2 is 2.32 bits per heavy atom. The highest BCUT2D eigenvalue weighted by molar-refractivity contribution is 7.99. The lowest BCUT2D eigenvalue weighted by atomic mass is 10.1. The molecule has 0 spiro atoms. The maximum absolute atomic E-state index is 13.6. The topological polar surface area (TPSA) is 76.8 Å². The smallest absolute Gasteiger partial charge is 0.208 e. The summed E-state index contributed by atoms with van der Waals surface area (Å²) in [5.74, 6) is 1.14. The first-order valence-electron chi connectivity index (χ1n) is 5.71. The van der Waals surface area contributed by atoms with E-state index in [-0.39, 0.29) is 11.8 Å². The number of hydrogen-bond acceptors (Lipinski definition) is 5. The van der Waals surface area contributed by atoms with Crippen molar-refractivity contribution in [3.05, 3.63) is 35.4 Å². The van der Waals surface area contributed by atoms with Crippen molar-refractivity contribution in [3.63, 3.8) is 0 Å². The van der Waals surface area contributed by atoms with Gasteiger partial charge in [-0.1, -0.05) is 17.8 Å². The first kappa shape index (κ1) is 13.8. The van der Waals surface area contributed by atoms with Crippen LogP contribution in [0.15, 0.2) is 23.4 Å². The summed E-state index contributed by atoms with van der Waals surface area (Å²) in [7, 11) is 1.43. The SMILES string of the molecule is COc1ccc(C(N)CSc2n[nH]c(C)n2)cc1F. The van der Waals surface area contributed by atoms with Crippen LogP contribution in [0.2, 0.25) is 0 Å². The third-order valence-electron chi connectivity index (χ3n) is 2.57. The average Bonchev–Trinajstić information content (AvgIpc) is 2.81. The normalized spacial score (nSPS) is 12.4. The summed E-state index contributed by atoms with van der Waals surface area (Å²) >= 11 is 1.43. The lowest BCUT2D eigenvalue weighted by molar-refractivity contribution is 0.386. The zero-order chi connectivity index (χ0) is 13.8. The highest BCUT2D eigenvalue weighted by Gasteiger charge is 2.11. The maximum atomic E-state index is 13.6. The molecule has 0 bridgehead atoms. The Bertz CT molecular complexity index is 560. The monoisotopic (exact) mass is 282 g/mol. The van der Waals surface area contributed by atoms with Gasteiger partial charge in [0.25, 0.3) is 0 Å². The first-order valence-corrected chi connectivity index (χ1v) is 6.69. The quantitative estimate of drug-likeness (QED) is 0.821. The van der Waals surface area contributed by atoms with Crippen LogP contribution >= 0.6 is 11.8 Å². The van der Waals surface area contributed by atoms with E-state index in [0.717, 1.165) is 11.4 Å². The Balaban J connectivity index is 1.99. The minimum absolute atomic E-state index is 0.216. The predicted octanol–water partition coefficient (Wildman–Crippen LogP) is 2.05. The number of methoxy groups -OCH3 is 1. The summed E-state index contributed by atoms with van der Waals surface area (Å²) in [6.45, 7) is 1.83. The molecule has 0 fully saturated rings. The van der Waals surface area contributed by atoms with Crippen molar-refractivity contribution in [1.29, 1.82) is 0 Å². The molecule has 5 nitrogen and oxygen atoms in total. The number of benzene rings is 1. The molecule has 0 saturated carbocycles. The molecule has 1 unspecified atom stereocenters. The van der Waals surface area contributed by atoms with E-state index in [1.54, 1.807) is 12.1 Å². The van der Waals surface area contributed by atoms with Crippen molar-refractivity contribution < 1.29 is 9.13 Å². The maximum Gasteiger partial charge on any atom is 0.208 e. The van der Waals surface area contributed by atoms with Crippen molar-refractivity contribution in [2.75, 3.05) is 12.9 Å². The predicted molar refractivity (Wildman–Crippen MR) is 71.7 cm³/mol. The minimum Gasteiger partial charge on any atom is -0.494 e. The zero-order valence-electron chi connectivity index (χ0n) is 10.7. The molecule has 102 valence electrons. The van der Waals surface area contributed by atoms with Crippen LogP contribution in [-0.4, -0.2) is 28.0 Å². The number of ether oxygens (including phenoxy) is 1. The van der Waals surface area contributed by atoms with Gasteiger partial charge in [0.1, 0.15) is 5.82 Å². The number of nitrogens with zero attached hydrogens (tertiary/aromatic N) is 2. The van der Waals surface area contributed by atoms with E-state index in [1.165, 1.54) is 24.9 Å². The molecule has 1 heterocycles. The van der Waals surface area contributed by atoms with Crippen LogP contribution in [0.5, 0.6) is 5.75 Å². The van der Waals surface area contributed by atoms with Crippen molar-refractivity contribution >= 4 is 11.8 Å². The first-order chi connectivity index (χ1) is 9.10. The average molecular weight is 282 g/mol. The van der Waals surface area contributed by atoms with Gasteiger partial charge in [-0.05, 0) is 24.6 Å². The van der Waals surface area contributed by atoms with E-state index in [0.29, 0.717) is 10.9 Å². The molecule has 0 aliphatic heterocycles. The third-order valence-corrected chi connectivity index (χ3v) is 3.54. The zero-order valence-corrected chi connectivity index (χ0v) is 11.5. The highest BCUT2D eigenvalue weighted by atomic mass is 32.2. The van der Waals surface area contributed by atoms with Gasteiger partial charge in [0.2, 0.25) is 5.16 Å². The number of thioether (sulfide) groups is 1. The van der Waals surface area contributed by atoms with Gasteiger partial charge in [-0.25, -0.2) is 9.37 Å². The molecule has 0 aliphatic carbocycles. The van der Waals surface area contributed by atoms with E-state index in [1.807, 2.05) is 6.92 Å². The molecule has 0 aliphatic rings. The van der Waals surface area contributed by atoms with Crippen LogP contribution < -0.4 is 10.5 Å². The van der Waals surface area contributed by atoms with Crippen LogP contribution in [0.4, 0.5) is 4.39 Å². The fourth-order valence-corrected chi connectivity index (χ4v) is 2.39. The van der Waals surface area contributed by atoms with Crippen LogP contribution in [0.3, 0.4) is 0 Å². The number of aromatic nitrogens is 3. The number of aromatic amines is 1. The number of hydrogen-bond donors (Lipinski definition) is 2. The lowest BCUT2D eigenvalue weighted by Crippen LogP contribution is -2.13. The van der Waals surface area contributed by atoms with Crippen LogP contribution in [-0.2, 0) is 0 Å². The van der Waals surface area contributed by atoms with Crippen LogP contribution in [0, 0.1) is 12.7 Å². The second-order valence-electron chi connectivity index (χ2n) is 4.01. The largest absolute Gasteiger partial charge is 0.494 e. The molecule has 1 aromatic heterocycles. The molecule has 7 heteroatoms. The van der Waals surface area contributed by atoms with E-state index in [9.17, 15) is 4.39 Å². The molecule has 0 radical (unpaired) electrons. The fraction of sp³-hybridized carbons (Fsp3) is 0.333. The Morgan fingerprint density at radius 1 is 1.53 bits per heavy atom. The van der Waals surface area contributed by atoms with Gasteiger partial charge in [0, 0.05) is 11.8 Å². The minimum atomic E-state index is -0.408. The van der Waals surface area contributed by atoms with E-state index in [2.05, 4.69) is 15.2 Å². The number of nitrogens with one attached hydrogen (secondary N) is 1. The Labute approximate surface area is 114 Å². The number of halogens is 1. The van der Waals surface area contributed by atoms with Gasteiger partial charge >= 0.3 is 0 Å². The van der Waals surface area contributed by atoms with Gasteiger partial charge < -0.3 is 10.5 Å². The summed E-state index contributed by atoms with van der Waals surface area (Å²) in [6, 6.07) is 4.44. The van der Waals surface area contributed by atoms with Crippen LogP contribution in [0.25, 0.3) is 0 Å². The van der Waals surface area contributed by atoms with Crippen LogP contribution in [0.1, 0.15) is 17.4 Å². The molecular formula is C12H15FN4OS. The Hall–Kier alpha value is -1.60. The van der Waals surface area contributed by atoms with Gasteiger partial charge in [-0.15, -0.1) is 5.10 Å². The lowest BCUT2D eigenvalue weighted by Gasteiger charge is -2.11. The Kier molecular flexibility index (Phi) is 4.39. The number of rotatable bonds is 5. The molecule has 3 N–H and O–H groups in total.